The fraction of sp³-hybridized carbons (Fsp3) is 0.154. The number of nitrogens with zero attached hydrogens (tertiary/aromatic N) is 3. The second kappa shape index (κ2) is 3.78. The van der Waals surface area contributed by atoms with E-state index in [0.29, 0.717) is 5.82 Å². The number of fused-ring (bicyclic) bond motifs is 1. The summed E-state index contributed by atoms with van der Waals surface area (Å²) in [6.45, 7) is 0. The maximum absolute atomic E-state index is 6.01. The Morgan fingerprint density at radius 3 is 2.61 bits per heavy atom. The number of rotatable bonds is 1. The maximum Gasteiger partial charge on any atom is 0.122 e. The Labute approximate surface area is 110 Å². The third kappa shape index (κ3) is 1.57. The van der Waals surface area contributed by atoms with Crippen LogP contribution in [0.25, 0.3) is 22.3 Å². The molecule has 0 unspecified atom stereocenters. The second-order valence-corrected chi connectivity index (χ2v) is 4.81. The third-order valence-electron chi connectivity index (χ3n) is 3.18. The molecule has 1 aromatic carbocycles. The van der Waals surface area contributed by atoms with E-state index < -0.39 is 0 Å². The molecule has 0 saturated heterocycles. The van der Waals surface area contributed by atoms with Crippen molar-refractivity contribution < 1.29 is 0 Å². The zero-order valence-electron chi connectivity index (χ0n) is 10.2. The van der Waals surface area contributed by atoms with Crippen molar-refractivity contribution >= 4 is 28.3 Å². The second-order valence-electron chi connectivity index (χ2n) is 4.37. The van der Waals surface area contributed by atoms with Gasteiger partial charge in [0.15, 0.2) is 0 Å². The summed E-state index contributed by atoms with van der Waals surface area (Å²) in [7, 11) is 3.84. The molecule has 18 heavy (non-hydrogen) atoms. The molecule has 0 fully saturated rings. The van der Waals surface area contributed by atoms with Crippen molar-refractivity contribution in [3.05, 3.63) is 35.4 Å². The summed E-state index contributed by atoms with van der Waals surface area (Å²) in [5.41, 5.74) is 8.83. The lowest BCUT2D eigenvalue weighted by molar-refractivity contribution is 0.779. The molecule has 3 rings (SSSR count). The number of halogens is 1. The van der Waals surface area contributed by atoms with E-state index in [4.69, 9.17) is 17.3 Å². The van der Waals surface area contributed by atoms with E-state index in [9.17, 15) is 0 Å². The van der Waals surface area contributed by atoms with E-state index in [1.54, 1.807) is 4.68 Å². The van der Waals surface area contributed by atoms with Gasteiger partial charge in [0, 0.05) is 36.1 Å². The molecule has 0 atom stereocenters. The first-order valence-corrected chi connectivity index (χ1v) is 5.99. The lowest BCUT2D eigenvalue weighted by atomic mass is 10.2. The van der Waals surface area contributed by atoms with Crippen molar-refractivity contribution in [1.82, 2.24) is 14.3 Å². The zero-order valence-corrected chi connectivity index (χ0v) is 10.9. The summed E-state index contributed by atoms with van der Waals surface area (Å²) in [6, 6.07) is 9.79. The Kier molecular flexibility index (Phi) is 2.35. The van der Waals surface area contributed by atoms with Gasteiger partial charge in [-0.25, -0.2) is 0 Å². The lowest BCUT2D eigenvalue weighted by Gasteiger charge is -2.00. The van der Waals surface area contributed by atoms with E-state index in [2.05, 4.69) is 15.7 Å². The Hall–Kier alpha value is -1.94. The minimum atomic E-state index is 0.647. The average Bonchev–Trinajstić information content (AvgIpc) is 2.81. The van der Waals surface area contributed by atoms with Crippen LogP contribution in [0.3, 0.4) is 0 Å². The molecule has 0 aliphatic heterocycles. The Morgan fingerprint density at radius 2 is 1.94 bits per heavy atom. The first-order chi connectivity index (χ1) is 8.56. The maximum atomic E-state index is 6.01. The van der Waals surface area contributed by atoms with Crippen molar-refractivity contribution in [2.45, 2.75) is 0 Å². The molecule has 5 heteroatoms. The van der Waals surface area contributed by atoms with Crippen LogP contribution in [0.2, 0.25) is 5.02 Å². The molecular weight excluding hydrogens is 248 g/mol. The summed E-state index contributed by atoms with van der Waals surface area (Å²) in [6.07, 6.45) is 0. The van der Waals surface area contributed by atoms with Crippen LogP contribution in [-0.2, 0) is 14.1 Å². The van der Waals surface area contributed by atoms with Crippen LogP contribution in [0.15, 0.2) is 30.3 Å². The van der Waals surface area contributed by atoms with Crippen molar-refractivity contribution in [3.63, 3.8) is 0 Å². The number of hydrogen-bond acceptors (Lipinski definition) is 2. The largest absolute Gasteiger partial charge is 0.384 e. The number of nitrogens with two attached hydrogens (primary N) is 1. The Bertz CT molecular complexity index is 719. The lowest BCUT2D eigenvalue weighted by Crippen LogP contribution is -1.97. The normalized spacial score (nSPS) is 11.3. The van der Waals surface area contributed by atoms with Crippen LogP contribution in [0.5, 0.6) is 0 Å². The predicted octanol–water partition coefficient (Wildman–Crippen LogP) is 2.81. The number of benzene rings is 1. The third-order valence-corrected chi connectivity index (χ3v) is 3.42. The molecule has 92 valence electrons. The minimum absolute atomic E-state index is 0.647. The summed E-state index contributed by atoms with van der Waals surface area (Å²) in [5.74, 6) is 0.647. The highest BCUT2D eigenvalue weighted by Crippen LogP contribution is 2.28. The Balaban J connectivity index is 2.26. The predicted molar refractivity (Wildman–Crippen MR) is 74.5 cm³/mol. The van der Waals surface area contributed by atoms with Gasteiger partial charge in [-0.3, -0.25) is 4.68 Å². The van der Waals surface area contributed by atoms with Gasteiger partial charge in [0.1, 0.15) is 11.5 Å². The van der Waals surface area contributed by atoms with Crippen LogP contribution in [-0.4, -0.2) is 14.3 Å². The van der Waals surface area contributed by atoms with Crippen molar-refractivity contribution in [2.24, 2.45) is 14.1 Å². The van der Waals surface area contributed by atoms with Crippen molar-refractivity contribution in [3.8, 4) is 11.4 Å². The van der Waals surface area contributed by atoms with Crippen molar-refractivity contribution in [1.29, 1.82) is 0 Å². The number of nitrogen functional groups attached to an aromatic ring is 1. The molecule has 2 heterocycles. The van der Waals surface area contributed by atoms with Gasteiger partial charge in [-0.2, -0.15) is 5.10 Å². The summed E-state index contributed by atoms with van der Waals surface area (Å²) in [5, 5.41) is 6.23. The first-order valence-electron chi connectivity index (χ1n) is 5.61. The quantitative estimate of drug-likeness (QED) is 0.731. The van der Waals surface area contributed by atoms with Gasteiger partial charge in [0.05, 0.1) is 5.69 Å². The van der Waals surface area contributed by atoms with E-state index in [0.717, 1.165) is 27.3 Å². The fourth-order valence-corrected chi connectivity index (χ4v) is 2.35. The summed E-state index contributed by atoms with van der Waals surface area (Å²) < 4.78 is 3.76. The van der Waals surface area contributed by atoms with Gasteiger partial charge in [-0.1, -0.05) is 11.6 Å². The zero-order chi connectivity index (χ0) is 12.9. The first kappa shape index (κ1) is 11.2. The smallest absolute Gasteiger partial charge is 0.122 e. The molecule has 0 aliphatic carbocycles. The van der Waals surface area contributed by atoms with E-state index >= 15 is 0 Å². The molecule has 0 bridgehead atoms. The number of hydrogen-bond donors (Lipinski definition) is 1. The standard InChI is InChI=1S/C13H13ClN4/c1-17-11-4-3-9(14)5-8(11)6-12(17)10-7-13(15)18(2)16-10/h3-7H,15H2,1-2H3. The molecule has 0 aliphatic rings. The van der Waals surface area contributed by atoms with Gasteiger partial charge >= 0.3 is 0 Å². The molecule has 4 nitrogen and oxygen atoms in total. The number of anilines is 1. The average molecular weight is 261 g/mol. The molecule has 0 spiro atoms. The van der Waals surface area contributed by atoms with Crippen LogP contribution in [0.1, 0.15) is 0 Å². The number of aryl methyl sites for hydroxylation is 2. The molecule has 0 radical (unpaired) electrons. The Morgan fingerprint density at radius 1 is 1.17 bits per heavy atom. The van der Waals surface area contributed by atoms with Crippen LogP contribution < -0.4 is 5.73 Å². The van der Waals surface area contributed by atoms with Crippen LogP contribution in [0.4, 0.5) is 5.82 Å². The van der Waals surface area contributed by atoms with Gasteiger partial charge in [-0.05, 0) is 24.3 Å². The molecule has 2 N–H and O–H groups in total. The molecular formula is C13H13ClN4. The highest BCUT2D eigenvalue weighted by molar-refractivity contribution is 6.31. The van der Waals surface area contributed by atoms with Crippen molar-refractivity contribution in [2.75, 3.05) is 5.73 Å². The van der Waals surface area contributed by atoms with Gasteiger partial charge in [0.25, 0.3) is 0 Å². The van der Waals surface area contributed by atoms with E-state index in [-0.39, 0.29) is 0 Å². The minimum Gasteiger partial charge on any atom is -0.384 e. The fourth-order valence-electron chi connectivity index (χ4n) is 2.17. The highest BCUT2D eigenvalue weighted by atomic mass is 35.5. The van der Waals surface area contributed by atoms with Gasteiger partial charge < -0.3 is 10.3 Å². The highest BCUT2D eigenvalue weighted by Gasteiger charge is 2.11. The molecule has 2 aromatic heterocycles. The van der Waals surface area contributed by atoms with E-state index in [1.807, 2.05) is 38.4 Å². The number of aromatic nitrogens is 3. The topological polar surface area (TPSA) is 48.8 Å². The summed E-state index contributed by atoms with van der Waals surface area (Å²) in [4.78, 5) is 0. The van der Waals surface area contributed by atoms with Crippen LogP contribution >= 0.6 is 11.6 Å². The monoisotopic (exact) mass is 260 g/mol. The van der Waals surface area contributed by atoms with E-state index in [1.165, 1.54) is 0 Å². The van der Waals surface area contributed by atoms with Crippen LogP contribution in [0, 0.1) is 0 Å². The SMILES string of the molecule is Cn1nc(-c2cc3cc(Cl)ccc3n2C)cc1N. The molecule has 0 saturated carbocycles. The summed E-state index contributed by atoms with van der Waals surface area (Å²) >= 11 is 6.01. The molecule has 3 aromatic rings. The molecule has 0 amide bonds. The van der Waals surface area contributed by atoms with Gasteiger partial charge in [-0.15, -0.1) is 0 Å². The van der Waals surface area contributed by atoms with Gasteiger partial charge in [0.2, 0.25) is 0 Å².